The number of thiol groups is 1. The highest BCUT2D eigenvalue weighted by atomic mass is 32.1. The van der Waals surface area contributed by atoms with Crippen molar-refractivity contribution in [3.63, 3.8) is 0 Å². The molecule has 1 heteroatoms. The summed E-state index contributed by atoms with van der Waals surface area (Å²) in [6, 6.07) is 0. The fraction of sp³-hybridized carbons (Fsp3) is 0.750. The Morgan fingerprint density at radius 1 is 1.22 bits per heavy atom. The van der Waals surface area contributed by atoms with E-state index in [4.69, 9.17) is 6.42 Å². The van der Waals surface area contributed by atoms with Gasteiger partial charge in [0.2, 0.25) is 0 Å². The molecule has 1 saturated carbocycles. The summed E-state index contributed by atoms with van der Waals surface area (Å²) in [7, 11) is 0. The molecule has 1 fully saturated rings. The van der Waals surface area contributed by atoms with Crippen LogP contribution in [0.3, 0.4) is 0 Å². The van der Waals surface area contributed by atoms with Gasteiger partial charge in [0, 0.05) is 11.2 Å². The minimum absolute atomic E-state index is 0.549. The maximum atomic E-state index is 5.27. The molecule has 0 spiro atoms. The second kappa shape index (κ2) is 3.17. The lowest BCUT2D eigenvalue weighted by molar-refractivity contribution is 0.441. The minimum atomic E-state index is 0.549. The van der Waals surface area contributed by atoms with Gasteiger partial charge in [-0.2, -0.15) is 12.6 Å². The molecular formula is C8H12S. The van der Waals surface area contributed by atoms with Gasteiger partial charge in [-0.1, -0.05) is 0 Å². The molecule has 0 amide bonds. The van der Waals surface area contributed by atoms with Crippen LogP contribution in [0.1, 0.15) is 25.7 Å². The van der Waals surface area contributed by atoms with Crippen molar-refractivity contribution in [2.45, 2.75) is 30.9 Å². The van der Waals surface area contributed by atoms with E-state index >= 15 is 0 Å². The Hall–Kier alpha value is -0.0900. The van der Waals surface area contributed by atoms with Crippen molar-refractivity contribution in [2.24, 2.45) is 5.92 Å². The van der Waals surface area contributed by atoms with E-state index in [-0.39, 0.29) is 0 Å². The first-order chi connectivity index (χ1) is 4.33. The van der Waals surface area contributed by atoms with Crippen molar-refractivity contribution < 1.29 is 0 Å². The number of terminal acetylenes is 1. The molecule has 0 heterocycles. The van der Waals surface area contributed by atoms with Crippen molar-refractivity contribution >= 4 is 12.6 Å². The summed E-state index contributed by atoms with van der Waals surface area (Å²) in [5.41, 5.74) is 0. The Kier molecular flexibility index (Phi) is 2.48. The van der Waals surface area contributed by atoms with E-state index in [1.54, 1.807) is 0 Å². The van der Waals surface area contributed by atoms with Crippen LogP contribution < -0.4 is 0 Å². The van der Waals surface area contributed by atoms with E-state index in [2.05, 4.69) is 18.5 Å². The molecule has 50 valence electrons. The molecule has 1 aliphatic rings. The first kappa shape index (κ1) is 7.02. The largest absolute Gasteiger partial charge is 0.176 e. The second-order valence-electron chi connectivity index (χ2n) is 2.67. The van der Waals surface area contributed by atoms with Crippen molar-refractivity contribution in [1.29, 1.82) is 0 Å². The molecule has 0 unspecified atom stereocenters. The van der Waals surface area contributed by atoms with E-state index in [1.165, 1.54) is 25.7 Å². The van der Waals surface area contributed by atoms with Gasteiger partial charge in [0.05, 0.1) is 0 Å². The van der Waals surface area contributed by atoms with Crippen LogP contribution in [0.2, 0.25) is 0 Å². The third kappa shape index (κ3) is 1.95. The van der Waals surface area contributed by atoms with E-state index in [1.807, 2.05) is 0 Å². The molecule has 0 N–H and O–H groups in total. The highest BCUT2D eigenvalue weighted by molar-refractivity contribution is 7.80. The summed E-state index contributed by atoms with van der Waals surface area (Å²) in [6.07, 6.45) is 10.1. The predicted octanol–water partition coefficient (Wildman–Crippen LogP) is 2.11. The van der Waals surface area contributed by atoms with E-state index in [0.29, 0.717) is 11.2 Å². The lowest BCUT2D eigenvalue weighted by atomic mass is 9.90. The van der Waals surface area contributed by atoms with Gasteiger partial charge < -0.3 is 0 Å². The Morgan fingerprint density at radius 3 is 2.22 bits per heavy atom. The molecule has 0 atom stereocenters. The molecule has 9 heavy (non-hydrogen) atoms. The number of hydrogen-bond acceptors (Lipinski definition) is 1. The van der Waals surface area contributed by atoms with Crippen LogP contribution >= 0.6 is 12.6 Å². The average molecular weight is 140 g/mol. The standard InChI is InChI=1S/C8H12S/c1-2-7-3-5-8(9)6-4-7/h1,7-9H,3-6H2. The summed E-state index contributed by atoms with van der Waals surface area (Å²) >= 11 is 4.37. The molecular weight excluding hydrogens is 128 g/mol. The van der Waals surface area contributed by atoms with Gasteiger partial charge in [0.1, 0.15) is 0 Å². The highest BCUT2D eigenvalue weighted by Crippen LogP contribution is 2.26. The maximum absolute atomic E-state index is 5.27. The average Bonchev–Trinajstić information content (AvgIpc) is 1.90. The second-order valence-corrected chi connectivity index (χ2v) is 3.40. The van der Waals surface area contributed by atoms with Crippen LogP contribution in [0.5, 0.6) is 0 Å². The zero-order chi connectivity index (χ0) is 6.69. The van der Waals surface area contributed by atoms with Crippen molar-refractivity contribution in [3.8, 4) is 12.3 Å². The van der Waals surface area contributed by atoms with E-state index < -0.39 is 0 Å². The molecule has 0 aromatic carbocycles. The Labute approximate surface area is 62.4 Å². The molecule has 1 aliphatic carbocycles. The Balaban J connectivity index is 2.28. The molecule has 0 radical (unpaired) electrons. The normalized spacial score (nSPS) is 35.6. The van der Waals surface area contributed by atoms with E-state index in [0.717, 1.165) is 0 Å². The van der Waals surface area contributed by atoms with Crippen molar-refractivity contribution in [1.82, 2.24) is 0 Å². The summed E-state index contributed by atoms with van der Waals surface area (Å²) < 4.78 is 0. The van der Waals surface area contributed by atoms with Gasteiger partial charge in [-0.3, -0.25) is 0 Å². The summed E-state index contributed by atoms with van der Waals surface area (Å²) in [4.78, 5) is 0. The van der Waals surface area contributed by atoms with Crippen LogP contribution in [0, 0.1) is 18.3 Å². The lowest BCUT2D eigenvalue weighted by Crippen LogP contribution is -2.12. The van der Waals surface area contributed by atoms with Crippen LogP contribution in [-0.2, 0) is 0 Å². The summed E-state index contributed by atoms with van der Waals surface area (Å²) in [5, 5.41) is 0.620. The zero-order valence-electron chi connectivity index (χ0n) is 5.51. The monoisotopic (exact) mass is 140 g/mol. The molecule has 0 saturated heterocycles. The van der Waals surface area contributed by atoms with Gasteiger partial charge in [0.15, 0.2) is 0 Å². The van der Waals surface area contributed by atoms with Crippen LogP contribution in [0.25, 0.3) is 0 Å². The third-order valence-corrected chi connectivity index (χ3v) is 2.45. The number of hydrogen-bond donors (Lipinski definition) is 1. The SMILES string of the molecule is C#CC1CCC(S)CC1. The molecule has 0 aromatic heterocycles. The third-order valence-electron chi connectivity index (χ3n) is 1.93. The summed E-state index contributed by atoms with van der Waals surface area (Å²) in [5.74, 6) is 3.34. The summed E-state index contributed by atoms with van der Waals surface area (Å²) in [6.45, 7) is 0. The quantitative estimate of drug-likeness (QED) is 0.386. The van der Waals surface area contributed by atoms with Gasteiger partial charge >= 0.3 is 0 Å². The van der Waals surface area contributed by atoms with Crippen molar-refractivity contribution in [3.05, 3.63) is 0 Å². The highest BCUT2D eigenvalue weighted by Gasteiger charge is 2.15. The van der Waals surface area contributed by atoms with Gasteiger partial charge in [-0.15, -0.1) is 12.3 Å². The molecule has 0 aromatic rings. The van der Waals surface area contributed by atoms with Gasteiger partial charge in [-0.05, 0) is 25.7 Å². The van der Waals surface area contributed by atoms with Crippen LogP contribution in [0.15, 0.2) is 0 Å². The zero-order valence-corrected chi connectivity index (χ0v) is 6.40. The Bertz CT molecular complexity index is 115. The number of rotatable bonds is 0. The maximum Gasteiger partial charge on any atom is 0.0201 e. The molecule has 0 nitrogen and oxygen atoms in total. The van der Waals surface area contributed by atoms with Gasteiger partial charge in [-0.25, -0.2) is 0 Å². The van der Waals surface area contributed by atoms with Gasteiger partial charge in [0.25, 0.3) is 0 Å². The Morgan fingerprint density at radius 2 is 1.78 bits per heavy atom. The topological polar surface area (TPSA) is 0 Å². The first-order valence-electron chi connectivity index (χ1n) is 3.47. The fourth-order valence-electron chi connectivity index (χ4n) is 1.24. The van der Waals surface area contributed by atoms with E-state index in [9.17, 15) is 0 Å². The fourth-order valence-corrected chi connectivity index (χ4v) is 1.54. The molecule has 0 bridgehead atoms. The molecule has 0 aliphatic heterocycles. The predicted molar refractivity (Wildman–Crippen MR) is 43.6 cm³/mol. The lowest BCUT2D eigenvalue weighted by Gasteiger charge is -2.21. The first-order valence-corrected chi connectivity index (χ1v) is 3.98. The smallest absolute Gasteiger partial charge is 0.0201 e. The van der Waals surface area contributed by atoms with Crippen LogP contribution in [-0.4, -0.2) is 5.25 Å². The van der Waals surface area contributed by atoms with Crippen LogP contribution in [0.4, 0.5) is 0 Å². The minimum Gasteiger partial charge on any atom is -0.176 e. The van der Waals surface area contributed by atoms with Crippen molar-refractivity contribution in [2.75, 3.05) is 0 Å². The molecule has 1 rings (SSSR count).